The Morgan fingerprint density at radius 3 is 2.33 bits per heavy atom. The first-order valence-electron chi connectivity index (χ1n) is 7.76. The highest BCUT2D eigenvalue weighted by atomic mass is 16.5. The molecule has 0 bridgehead atoms. The zero-order chi connectivity index (χ0) is 15.1. The van der Waals surface area contributed by atoms with Gasteiger partial charge in [0.25, 0.3) is 0 Å². The van der Waals surface area contributed by atoms with E-state index in [0.29, 0.717) is 19.7 Å². The Hall–Kier alpha value is -1.14. The molecule has 0 spiro atoms. The van der Waals surface area contributed by atoms with Gasteiger partial charge >= 0.3 is 0 Å². The lowest BCUT2D eigenvalue weighted by molar-refractivity contribution is 0.0471. The summed E-state index contributed by atoms with van der Waals surface area (Å²) in [6, 6.07) is 7.70. The molecule has 0 saturated carbocycles. The summed E-state index contributed by atoms with van der Waals surface area (Å²) >= 11 is 0. The molecule has 5 heteroatoms. The molecule has 0 aliphatic carbocycles. The third-order valence-corrected chi connectivity index (χ3v) is 3.98. The number of likely N-dealkylation sites (N-methyl/N-ethyl adjacent to an activating group) is 1. The summed E-state index contributed by atoms with van der Waals surface area (Å²) in [7, 11) is 0. The third-order valence-electron chi connectivity index (χ3n) is 3.98. The van der Waals surface area contributed by atoms with Crippen molar-refractivity contribution in [3.05, 3.63) is 29.8 Å². The maximum Gasteiger partial charge on any atom is 0.119 e. The highest BCUT2D eigenvalue weighted by Crippen LogP contribution is 2.12. The summed E-state index contributed by atoms with van der Waals surface area (Å²) in [4.78, 5) is 4.73. The Labute approximate surface area is 127 Å². The fourth-order valence-corrected chi connectivity index (χ4v) is 2.55. The van der Waals surface area contributed by atoms with Crippen molar-refractivity contribution in [2.24, 2.45) is 5.73 Å². The van der Waals surface area contributed by atoms with E-state index in [-0.39, 0.29) is 0 Å². The second kappa shape index (κ2) is 8.34. The van der Waals surface area contributed by atoms with E-state index in [1.54, 1.807) is 0 Å². The van der Waals surface area contributed by atoms with Crippen LogP contribution in [0.3, 0.4) is 0 Å². The fraction of sp³-hybridized carbons (Fsp3) is 0.625. The largest absolute Gasteiger partial charge is 0.491 e. The highest BCUT2D eigenvalue weighted by Gasteiger charge is 2.18. The van der Waals surface area contributed by atoms with Crippen LogP contribution in [0.15, 0.2) is 24.3 Å². The summed E-state index contributed by atoms with van der Waals surface area (Å²) in [5.41, 5.74) is 6.64. The van der Waals surface area contributed by atoms with Gasteiger partial charge in [-0.15, -0.1) is 0 Å². The number of aliphatic hydroxyl groups is 1. The molecule has 1 aliphatic heterocycles. The van der Waals surface area contributed by atoms with Crippen LogP contribution in [-0.2, 0) is 6.54 Å². The maximum absolute atomic E-state index is 10.1. The quantitative estimate of drug-likeness (QED) is 0.767. The molecule has 1 unspecified atom stereocenters. The normalized spacial score (nSPS) is 18.6. The first kappa shape index (κ1) is 16.2. The van der Waals surface area contributed by atoms with Crippen molar-refractivity contribution in [3.8, 4) is 5.75 Å². The van der Waals surface area contributed by atoms with Crippen LogP contribution >= 0.6 is 0 Å². The van der Waals surface area contributed by atoms with Crippen LogP contribution in [0.5, 0.6) is 5.75 Å². The average molecular weight is 293 g/mol. The van der Waals surface area contributed by atoms with Crippen molar-refractivity contribution in [2.45, 2.75) is 19.6 Å². The lowest BCUT2D eigenvalue weighted by Gasteiger charge is -2.34. The van der Waals surface area contributed by atoms with Gasteiger partial charge in [-0.2, -0.15) is 0 Å². The predicted molar refractivity (Wildman–Crippen MR) is 84.4 cm³/mol. The molecule has 1 atom stereocenters. The van der Waals surface area contributed by atoms with E-state index in [1.807, 2.05) is 24.3 Å². The molecule has 21 heavy (non-hydrogen) atoms. The van der Waals surface area contributed by atoms with Gasteiger partial charge in [0.2, 0.25) is 0 Å². The minimum Gasteiger partial charge on any atom is -0.491 e. The first-order valence-corrected chi connectivity index (χ1v) is 7.76. The number of β-amino-alcohol motifs (C(OH)–C–C–N with tert-alkyl or cyclic N) is 1. The van der Waals surface area contributed by atoms with Gasteiger partial charge in [0, 0.05) is 39.3 Å². The molecule has 1 fully saturated rings. The summed E-state index contributed by atoms with van der Waals surface area (Å²) in [6.45, 7) is 9.06. The molecule has 3 N–H and O–H groups in total. The van der Waals surface area contributed by atoms with Crippen LogP contribution in [0.1, 0.15) is 12.5 Å². The molecule has 2 rings (SSSR count). The summed E-state index contributed by atoms with van der Waals surface area (Å²) in [6.07, 6.45) is -0.452. The van der Waals surface area contributed by atoms with Crippen LogP contribution in [0.25, 0.3) is 0 Å². The van der Waals surface area contributed by atoms with E-state index in [2.05, 4.69) is 16.7 Å². The van der Waals surface area contributed by atoms with Crippen molar-refractivity contribution in [1.82, 2.24) is 9.80 Å². The molecule has 1 aromatic rings. The number of nitrogens with two attached hydrogens (primary N) is 1. The Kier molecular flexibility index (Phi) is 6.45. The van der Waals surface area contributed by atoms with Crippen molar-refractivity contribution in [3.63, 3.8) is 0 Å². The van der Waals surface area contributed by atoms with Crippen molar-refractivity contribution < 1.29 is 9.84 Å². The van der Waals surface area contributed by atoms with Crippen LogP contribution < -0.4 is 10.5 Å². The molecule has 0 amide bonds. The van der Waals surface area contributed by atoms with E-state index < -0.39 is 6.10 Å². The summed E-state index contributed by atoms with van der Waals surface area (Å²) in [5, 5.41) is 10.1. The van der Waals surface area contributed by atoms with Gasteiger partial charge < -0.3 is 20.5 Å². The van der Waals surface area contributed by atoms with Crippen molar-refractivity contribution in [1.29, 1.82) is 0 Å². The zero-order valence-corrected chi connectivity index (χ0v) is 12.9. The van der Waals surface area contributed by atoms with Gasteiger partial charge in [-0.25, -0.2) is 0 Å². The SMILES string of the molecule is CCN1CCN(CC(O)COc2ccc(CN)cc2)CC1. The Morgan fingerprint density at radius 2 is 1.76 bits per heavy atom. The molecule has 1 heterocycles. The predicted octanol–water partition coefficient (Wildman–Crippen LogP) is 0.523. The number of piperazine rings is 1. The van der Waals surface area contributed by atoms with E-state index in [1.165, 1.54) is 0 Å². The molecule has 1 aliphatic rings. The number of aliphatic hydroxyl groups excluding tert-OH is 1. The lowest BCUT2D eigenvalue weighted by atomic mass is 10.2. The van der Waals surface area contributed by atoms with E-state index in [4.69, 9.17) is 10.5 Å². The monoisotopic (exact) mass is 293 g/mol. The Bertz CT molecular complexity index is 402. The molecule has 5 nitrogen and oxygen atoms in total. The second-order valence-corrected chi connectivity index (χ2v) is 5.55. The number of nitrogens with zero attached hydrogens (tertiary/aromatic N) is 2. The van der Waals surface area contributed by atoms with Crippen molar-refractivity contribution >= 4 is 0 Å². The summed E-state index contributed by atoms with van der Waals surface area (Å²) in [5.74, 6) is 0.780. The molecular formula is C16H27N3O2. The van der Waals surface area contributed by atoms with Crippen LogP contribution in [0.2, 0.25) is 0 Å². The fourth-order valence-electron chi connectivity index (χ4n) is 2.55. The Morgan fingerprint density at radius 1 is 1.14 bits per heavy atom. The number of rotatable bonds is 7. The summed E-state index contributed by atoms with van der Waals surface area (Å²) < 4.78 is 5.62. The molecule has 1 saturated heterocycles. The third kappa shape index (κ3) is 5.28. The van der Waals surface area contributed by atoms with Gasteiger partial charge in [-0.05, 0) is 24.2 Å². The van der Waals surface area contributed by atoms with E-state index in [9.17, 15) is 5.11 Å². The van der Waals surface area contributed by atoms with Crippen LogP contribution in [-0.4, -0.2) is 66.9 Å². The van der Waals surface area contributed by atoms with Gasteiger partial charge in [0.1, 0.15) is 18.5 Å². The van der Waals surface area contributed by atoms with Crippen LogP contribution in [0, 0.1) is 0 Å². The highest BCUT2D eigenvalue weighted by molar-refractivity contribution is 5.27. The van der Waals surface area contributed by atoms with Gasteiger partial charge in [-0.3, -0.25) is 4.90 Å². The smallest absolute Gasteiger partial charge is 0.119 e. The van der Waals surface area contributed by atoms with Gasteiger partial charge in [0.05, 0.1) is 0 Å². The minimum absolute atomic E-state index is 0.329. The number of hydrogen-bond acceptors (Lipinski definition) is 5. The second-order valence-electron chi connectivity index (χ2n) is 5.55. The molecule has 0 radical (unpaired) electrons. The first-order chi connectivity index (χ1) is 10.2. The zero-order valence-electron chi connectivity index (χ0n) is 12.9. The molecule has 118 valence electrons. The van der Waals surface area contributed by atoms with Gasteiger partial charge in [-0.1, -0.05) is 19.1 Å². The Balaban J connectivity index is 1.68. The number of hydrogen-bond donors (Lipinski definition) is 2. The van der Waals surface area contributed by atoms with E-state index in [0.717, 1.165) is 44.0 Å². The van der Waals surface area contributed by atoms with Crippen LogP contribution in [0.4, 0.5) is 0 Å². The molecular weight excluding hydrogens is 266 g/mol. The molecule has 1 aromatic carbocycles. The standard InChI is InChI=1S/C16H27N3O2/c1-2-18-7-9-19(10-8-18)12-15(20)13-21-16-5-3-14(11-17)4-6-16/h3-6,15,20H,2,7-13,17H2,1H3. The van der Waals surface area contributed by atoms with Gasteiger partial charge in [0.15, 0.2) is 0 Å². The van der Waals surface area contributed by atoms with Crippen molar-refractivity contribution in [2.75, 3.05) is 45.9 Å². The average Bonchev–Trinajstić information content (AvgIpc) is 2.54. The lowest BCUT2D eigenvalue weighted by Crippen LogP contribution is -2.49. The number of ether oxygens (including phenoxy) is 1. The molecule has 0 aromatic heterocycles. The van der Waals surface area contributed by atoms with E-state index >= 15 is 0 Å². The topological polar surface area (TPSA) is 62.0 Å². The number of benzene rings is 1. The maximum atomic E-state index is 10.1. The minimum atomic E-state index is -0.452.